The van der Waals surface area contributed by atoms with Crippen LogP contribution in [0.3, 0.4) is 0 Å². The van der Waals surface area contributed by atoms with E-state index in [9.17, 15) is 4.79 Å². The number of rotatable bonds is 5. The maximum atomic E-state index is 12.1. The molecule has 0 N–H and O–H groups in total. The van der Waals surface area contributed by atoms with Gasteiger partial charge in [-0.05, 0) is 37.6 Å². The minimum Gasteiger partial charge on any atom is -0.381 e. The van der Waals surface area contributed by atoms with Gasteiger partial charge in [-0.15, -0.1) is 0 Å². The smallest absolute Gasteiger partial charge is 0.191 e. The summed E-state index contributed by atoms with van der Waals surface area (Å²) < 4.78 is 10.9. The Balaban J connectivity index is 1.85. The molecule has 1 heterocycles. The Morgan fingerprint density at radius 2 is 2.22 bits per heavy atom. The van der Waals surface area contributed by atoms with Crippen LogP contribution in [0.15, 0.2) is 24.3 Å². The number of carbonyl (C=O) groups is 1. The lowest BCUT2D eigenvalue weighted by molar-refractivity contribution is 0.0322. The van der Waals surface area contributed by atoms with E-state index in [1.54, 1.807) is 31.2 Å². The summed E-state index contributed by atoms with van der Waals surface area (Å²) in [6, 6.07) is 6.88. The summed E-state index contributed by atoms with van der Waals surface area (Å²) in [7, 11) is 0. The van der Waals surface area contributed by atoms with Gasteiger partial charge in [0.15, 0.2) is 5.78 Å². The normalized spacial score (nSPS) is 20.9. The van der Waals surface area contributed by atoms with E-state index in [0.29, 0.717) is 23.1 Å². The zero-order valence-electron chi connectivity index (χ0n) is 10.4. The highest BCUT2D eigenvalue weighted by Gasteiger charge is 2.20. The number of hydrogen-bond donors (Lipinski definition) is 0. The number of halogens is 1. The molecular formula is C14H17ClO3. The van der Waals surface area contributed by atoms with Crippen molar-refractivity contribution in [2.24, 2.45) is 5.92 Å². The second kappa shape index (κ2) is 6.32. The van der Waals surface area contributed by atoms with Crippen molar-refractivity contribution >= 4 is 17.4 Å². The van der Waals surface area contributed by atoms with E-state index in [1.165, 1.54) is 0 Å². The van der Waals surface area contributed by atoms with E-state index in [2.05, 4.69) is 0 Å². The van der Waals surface area contributed by atoms with E-state index < -0.39 is 6.10 Å². The molecule has 2 atom stereocenters. The molecule has 98 valence electrons. The van der Waals surface area contributed by atoms with E-state index >= 15 is 0 Å². The predicted molar refractivity (Wildman–Crippen MR) is 70.1 cm³/mol. The molecule has 18 heavy (non-hydrogen) atoms. The van der Waals surface area contributed by atoms with Crippen molar-refractivity contribution in [1.29, 1.82) is 0 Å². The maximum absolute atomic E-state index is 12.1. The Morgan fingerprint density at radius 1 is 1.50 bits per heavy atom. The van der Waals surface area contributed by atoms with Gasteiger partial charge in [-0.3, -0.25) is 4.79 Å². The van der Waals surface area contributed by atoms with Gasteiger partial charge in [0.1, 0.15) is 6.10 Å². The van der Waals surface area contributed by atoms with E-state index in [1.807, 2.05) is 0 Å². The second-order valence-corrected chi connectivity index (χ2v) is 5.01. The van der Waals surface area contributed by atoms with Crippen molar-refractivity contribution in [3.63, 3.8) is 0 Å². The Hall–Kier alpha value is -0.900. The van der Waals surface area contributed by atoms with Gasteiger partial charge < -0.3 is 9.47 Å². The summed E-state index contributed by atoms with van der Waals surface area (Å²) in [5.41, 5.74) is 0.634. The molecule has 4 heteroatoms. The number of carbonyl (C=O) groups excluding carboxylic acids is 1. The molecule has 0 saturated carbocycles. The molecule has 3 nitrogen and oxygen atoms in total. The van der Waals surface area contributed by atoms with Crippen molar-refractivity contribution in [2.45, 2.75) is 19.4 Å². The summed E-state index contributed by atoms with van der Waals surface area (Å²) >= 11 is 5.79. The molecule has 1 fully saturated rings. The summed E-state index contributed by atoms with van der Waals surface area (Å²) in [4.78, 5) is 12.1. The zero-order chi connectivity index (χ0) is 13.0. The summed E-state index contributed by atoms with van der Waals surface area (Å²) in [5.74, 6) is 0.413. The third-order valence-corrected chi connectivity index (χ3v) is 3.36. The number of benzene rings is 1. The summed E-state index contributed by atoms with van der Waals surface area (Å²) in [6.07, 6.45) is 0.591. The number of ether oxygens (including phenoxy) is 2. The first-order valence-corrected chi connectivity index (χ1v) is 6.53. The van der Waals surface area contributed by atoms with Gasteiger partial charge in [0.05, 0.1) is 13.2 Å². The van der Waals surface area contributed by atoms with Crippen LogP contribution in [0.4, 0.5) is 0 Å². The first kappa shape index (κ1) is 13.5. The molecule has 1 aromatic carbocycles. The third kappa shape index (κ3) is 3.55. The lowest BCUT2D eigenvalue weighted by Crippen LogP contribution is -2.24. The fraction of sp³-hybridized carbons (Fsp3) is 0.500. The Labute approximate surface area is 112 Å². The standard InChI is InChI=1S/C14H17ClO3/c1-10(18-9-11-6-7-17-8-11)14(16)12-2-4-13(15)5-3-12/h2-5,10-11H,6-9H2,1H3. The van der Waals surface area contributed by atoms with Crippen LogP contribution in [-0.2, 0) is 9.47 Å². The molecule has 0 bridgehead atoms. The number of ketones is 1. The Bertz CT molecular complexity index is 396. The van der Waals surface area contributed by atoms with Crippen LogP contribution >= 0.6 is 11.6 Å². The van der Waals surface area contributed by atoms with Crippen LogP contribution in [0.25, 0.3) is 0 Å². The van der Waals surface area contributed by atoms with Gasteiger partial charge >= 0.3 is 0 Å². The summed E-state index contributed by atoms with van der Waals surface area (Å²) in [5, 5.41) is 0.628. The monoisotopic (exact) mass is 268 g/mol. The minimum absolute atomic E-state index is 0.00872. The third-order valence-electron chi connectivity index (χ3n) is 3.10. The lowest BCUT2D eigenvalue weighted by Gasteiger charge is -2.14. The largest absolute Gasteiger partial charge is 0.381 e. The van der Waals surface area contributed by atoms with Crippen molar-refractivity contribution in [3.8, 4) is 0 Å². The van der Waals surface area contributed by atoms with Crippen LogP contribution in [0.1, 0.15) is 23.7 Å². The highest BCUT2D eigenvalue weighted by Crippen LogP contribution is 2.15. The fourth-order valence-electron chi connectivity index (χ4n) is 1.92. The van der Waals surface area contributed by atoms with Crippen molar-refractivity contribution in [3.05, 3.63) is 34.9 Å². The molecular weight excluding hydrogens is 252 g/mol. The molecule has 0 aliphatic carbocycles. The first-order valence-electron chi connectivity index (χ1n) is 6.16. The molecule has 0 radical (unpaired) electrons. The molecule has 0 aromatic heterocycles. The average molecular weight is 269 g/mol. The molecule has 1 aliphatic rings. The van der Waals surface area contributed by atoms with Gasteiger partial charge in [0.2, 0.25) is 0 Å². The van der Waals surface area contributed by atoms with Gasteiger partial charge in [0, 0.05) is 23.1 Å². The quantitative estimate of drug-likeness (QED) is 0.770. The maximum Gasteiger partial charge on any atom is 0.191 e. The van der Waals surface area contributed by atoms with Crippen molar-refractivity contribution < 1.29 is 14.3 Å². The lowest BCUT2D eigenvalue weighted by atomic mass is 10.1. The van der Waals surface area contributed by atoms with Crippen LogP contribution in [0.5, 0.6) is 0 Å². The van der Waals surface area contributed by atoms with Gasteiger partial charge in [-0.1, -0.05) is 11.6 Å². The molecule has 0 amide bonds. The van der Waals surface area contributed by atoms with E-state index in [4.69, 9.17) is 21.1 Å². The predicted octanol–water partition coefficient (Wildman–Crippen LogP) is 2.96. The van der Waals surface area contributed by atoms with Gasteiger partial charge in [-0.25, -0.2) is 0 Å². The van der Waals surface area contributed by atoms with Crippen LogP contribution in [0, 0.1) is 5.92 Å². The average Bonchev–Trinajstić information content (AvgIpc) is 2.89. The first-order chi connectivity index (χ1) is 8.66. The topological polar surface area (TPSA) is 35.5 Å². The van der Waals surface area contributed by atoms with Crippen LogP contribution in [0.2, 0.25) is 5.02 Å². The molecule has 1 aliphatic heterocycles. The van der Waals surface area contributed by atoms with Crippen LogP contribution in [-0.4, -0.2) is 31.7 Å². The van der Waals surface area contributed by atoms with E-state index in [0.717, 1.165) is 19.6 Å². The fourth-order valence-corrected chi connectivity index (χ4v) is 2.05. The highest BCUT2D eigenvalue weighted by molar-refractivity contribution is 6.30. The molecule has 2 unspecified atom stereocenters. The number of hydrogen-bond acceptors (Lipinski definition) is 3. The molecule has 1 saturated heterocycles. The summed E-state index contributed by atoms with van der Waals surface area (Å²) in [6.45, 7) is 3.91. The Kier molecular flexibility index (Phi) is 4.75. The SMILES string of the molecule is CC(OCC1CCOC1)C(=O)c1ccc(Cl)cc1. The minimum atomic E-state index is -0.424. The van der Waals surface area contributed by atoms with Gasteiger partial charge in [0.25, 0.3) is 0 Å². The second-order valence-electron chi connectivity index (χ2n) is 4.58. The Morgan fingerprint density at radius 3 is 2.83 bits per heavy atom. The molecule has 1 aromatic rings. The molecule has 0 spiro atoms. The molecule has 2 rings (SSSR count). The van der Waals surface area contributed by atoms with Crippen molar-refractivity contribution in [2.75, 3.05) is 19.8 Å². The highest BCUT2D eigenvalue weighted by atomic mass is 35.5. The van der Waals surface area contributed by atoms with Gasteiger partial charge in [-0.2, -0.15) is 0 Å². The van der Waals surface area contributed by atoms with Crippen LogP contribution < -0.4 is 0 Å². The van der Waals surface area contributed by atoms with E-state index in [-0.39, 0.29) is 5.78 Å². The van der Waals surface area contributed by atoms with Crippen molar-refractivity contribution in [1.82, 2.24) is 0 Å². The zero-order valence-corrected chi connectivity index (χ0v) is 11.2. The number of Topliss-reactive ketones (excluding diaryl/α,β-unsaturated/α-hetero) is 1.